The molecule has 1 aliphatic heterocycles. The van der Waals surface area contributed by atoms with Crippen LogP contribution >= 0.6 is 0 Å². The molecule has 0 spiro atoms. The summed E-state index contributed by atoms with van der Waals surface area (Å²) in [5, 5.41) is 2.62. The Bertz CT molecular complexity index is 648. The summed E-state index contributed by atoms with van der Waals surface area (Å²) in [6, 6.07) is 1.58. The quantitative estimate of drug-likeness (QED) is 0.666. The second kappa shape index (κ2) is 6.36. The zero-order valence-corrected chi connectivity index (χ0v) is 13.6. The lowest BCUT2D eigenvalue weighted by atomic mass is 9.94. The molecule has 0 saturated carbocycles. The molecule has 1 aromatic heterocycles. The maximum atomic E-state index is 12.3. The summed E-state index contributed by atoms with van der Waals surface area (Å²) in [6.45, 7) is 7.35. The van der Waals surface area contributed by atoms with Crippen LogP contribution in [0.3, 0.4) is 0 Å². The van der Waals surface area contributed by atoms with Crippen LogP contribution in [0.1, 0.15) is 55.2 Å². The van der Waals surface area contributed by atoms with Crippen molar-refractivity contribution in [1.29, 1.82) is 0 Å². The highest BCUT2D eigenvalue weighted by Crippen LogP contribution is 2.26. The van der Waals surface area contributed by atoms with Crippen molar-refractivity contribution in [3.63, 3.8) is 0 Å². The summed E-state index contributed by atoms with van der Waals surface area (Å²) in [7, 11) is 0. The van der Waals surface area contributed by atoms with Gasteiger partial charge in [-0.1, -0.05) is 0 Å². The minimum atomic E-state index is -1.13. The number of fused-ring (bicyclic) bond motifs is 1. The average Bonchev–Trinajstić information content (AvgIpc) is 2.44. The first-order valence-electron chi connectivity index (χ1n) is 7.39. The Morgan fingerprint density at radius 1 is 1.39 bits per heavy atom. The highest BCUT2D eigenvalue weighted by atomic mass is 16.6. The molecule has 2 rings (SSSR count). The van der Waals surface area contributed by atoms with Gasteiger partial charge in [0, 0.05) is 12.7 Å². The number of aromatic nitrogens is 1. The van der Waals surface area contributed by atoms with E-state index in [0.29, 0.717) is 11.3 Å². The number of nitrogens with one attached hydrogen (secondary N) is 1. The van der Waals surface area contributed by atoms with E-state index < -0.39 is 29.4 Å². The van der Waals surface area contributed by atoms with Crippen LogP contribution in [0.2, 0.25) is 0 Å². The minimum absolute atomic E-state index is 0.202. The SMILES string of the molecule is CCOC(=O)c1cnc2c(c1)CNC(=O)C2C(=O)OC(C)(C)C. The monoisotopic (exact) mass is 320 g/mol. The molecule has 1 unspecified atom stereocenters. The van der Waals surface area contributed by atoms with E-state index in [1.807, 2.05) is 0 Å². The van der Waals surface area contributed by atoms with Gasteiger partial charge in [0.1, 0.15) is 5.60 Å². The number of nitrogens with zero attached hydrogens (tertiary/aromatic N) is 1. The smallest absolute Gasteiger partial charge is 0.339 e. The van der Waals surface area contributed by atoms with Crippen molar-refractivity contribution in [2.45, 2.75) is 45.8 Å². The molecule has 0 aliphatic carbocycles. The van der Waals surface area contributed by atoms with Crippen LogP contribution in [0.15, 0.2) is 12.3 Å². The number of amides is 1. The van der Waals surface area contributed by atoms with Gasteiger partial charge in [-0.15, -0.1) is 0 Å². The first-order valence-corrected chi connectivity index (χ1v) is 7.39. The van der Waals surface area contributed by atoms with Crippen molar-refractivity contribution in [2.75, 3.05) is 6.61 Å². The number of carbonyl (C=O) groups is 3. The summed E-state index contributed by atoms with van der Waals surface area (Å²) in [5.41, 5.74) is 0.492. The van der Waals surface area contributed by atoms with Gasteiger partial charge in [0.2, 0.25) is 5.91 Å². The lowest BCUT2D eigenvalue weighted by Crippen LogP contribution is -2.41. The van der Waals surface area contributed by atoms with E-state index in [1.165, 1.54) is 6.20 Å². The van der Waals surface area contributed by atoms with Crippen molar-refractivity contribution in [3.05, 3.63) is 29.1 Å². The fraction of sp³-hybridized carbons (Fsp3) is 0.500. The zero-order chi connectivity index (χ0) is 17.2. The van der Waals surface area contributed by atoms with E-state index in [1.54, 1.807) is 33.8 Å². The molecule has 1 aliphatic rings. The molecule has 0 aromatic carbocycles. The van der Waals surface area contributed by atoms with Gasteiger partial charge in [-0.05, 0) is 39.3 Å². The van der Waals surface area contributed by atoms with Crippen molar-refractivity contribution in [2.24, 2.45) is 0 Å². The third-order valence-corrected chi connectivity index (χ3v) is 3.14. The molecule has 23 heavy (non-hydrogen) atoms. The Balaban J connectivity index is 2.33. The number of hydrogen-bond acceptors (Lipinski definition) is 6. The van der Waals surface area contributed by atoms with Crippen LogP contribution in [-0.2, 0) is 25.6 Å². The molecule has 2 heterocycles. The van der Waals surface area contributed by atoms with Crippen LogP contribution in [-0.4, -0.2) is 35.0 Å². The molecule has 7 heteroatoms. The predicted molar refractivity (Wildman–Crippen MR) is 80.6 cm³/mol. The van der Waals surface area contributed by atoms with E-state index in [4.69, 9.17) is 9.47 Å². The first kappa shape index (κ1) is 16.9. The number of carbonyl (C=O) groups excluding carboxylic acids is 3. The molecule has 1 aromatic rings. The Labute approximate surface area is 134 Å². The van der Waals surface area contributed by atoms with Gasteiger partial charge in [-0.3, -0.25) is 14.6 Å². The highest BCUT2D eigenvalue weighted by Gasteiger charge is 2.38. The third kappa shape index (κ3) is 3.85. The number of esters is 2. The molecule has 0 saturated heterocycles. The second-order valence-corrected chi connectivity index (χ2v) is 6.17. The molecule has 0 fully saturated rings. The van der Waals surface area contributed by atoms with Crippen LogP contribution in [0.4, 0.5) is 0 Å². The Morgan fingerprint density at radius 3 is 2.70 bits per heavy atom. The lowest BCUT2D eigenvalue weighted by Gasteiger charge is -2.27. The number of hydrogen-bond donors (Lipinski definition) is 1. The fourth-order valence-electron chi connectivity index (χ4n) is 2.24. The molecular formula is C16H20N2O5. The number of ether oxygens (including phenoxy) is 2. The summed E-state index contributed by atoms with van der Waals surface area (Å²) < 4.78 is 10.2. The van der Waals surface area contributed by atoms with Gasteiger partial charge in [-0.2, -0.15) is 0 Å². The van der Waals surface area contributed by atoms with E-state index in [-0.39, 0.29) is 18.7 Å². The molecule has 1 N–H and O–H groups in total. The minimum Gasteiger partial charge on any atom is -0.462 e. The topological polar surface area (TPSA) is 94.6 Å². The molecule has 1 amide bonds. The summed E-state index contributed by atoms with van der Waals surface area (Å²) in [4.78, 5) is 40.3. The standard InChI is InChI=1S/C16H20N2O5/c1-5-22-14(20)10-6-9-7-18-13(19)11(12(9)17-8-10)15(21)23-16(2,3)4/h6,8,11H,5,7H2,1-4H3,(H,18,19). The van der Waals surface area contributed by atoms with Crippen molar-refractivity contribution in [3.8, 4) is 0 Å². The van der Waals surface area contributed by atoms with Gasteiger partial charge >= 0.3 is 11.9 Å². The number of rotatable bonds is 3. The Kier molecular flexibility index (Phi) is 4.68. The lowest BCUT2D eigenvalue weighted by molar-refractivity contribution is -0.159. The predicted octanol–water partition coefficient (Wildman–Crippen LogP) is 1.31. The van der Waals surface area contributed by atoms with Gasteiger partial charge in [0.05, 0.1) is 17.9 Å². The molecule has 124 valence electrons. The highest BCUT2D eigenvalue weighted by molar-refractivity contribution is 6.04. The van der Waals surface area contributed by atoms with Crippen LogP contribution < -0.4 is 5.32 Å². The normalized spacial score (nSPS) is 17.0. The van der Waals surface area contributed by atoms with E-state index in [9.17, 15) is 14.4 Å². The fourth-order valence-corrected chi connectivity index (χ4v) is 2.24. The van der Waals surface area contributed by atoms with Gasteiger partial charge in [-0.25, -0.2) is 4.79 Å². The zero-order valence-electron chi connectivity index (χ0n) is 13.6. The van der Waals surface area contributed by atoms with Crippen molar-refractivity contribution < 1.29 is 23.9 Å². The molecule has 0 bridgehead atoms. The van der Waals surface area contributed by atoms with E-state index >= 15 is 0 Å². The van der Waals surface area contributed by atoms with Crippen LogP contribution in [0.5, 0.6) is 0 Å². The summed E-state index contributed by atoms with van der Waals surface area (Å²) >= 11 is 0. The summed E-state index contributed by atoms with van der Waals surface area (Å²) in [6.07, 6.45) is 1.31. The largest absolute Gasteiger partial charge is 0.462 e. The summed E-state index contributed by atoms with van der Waals surface area (Å²) in [5.74, 6) is -2.74. The van der Waals surface area contributed by atoms with Crippen LogP contribution in [0, 0.1) is 0 Å². The third-order valence-electron chi connectivity index (χ3n) is 3.14. The van der Waals surface area contributed by atoms with Crippen molar-refractivity contribution in [1.82, 2.24) is 10.3 Å². The van der Waals surface area contributed by atoms with E-state index in [0.717, 1.165) is 0 Å². The van der Waals surface area contributed by atoms with Gasteiger partial charge in [0.25, 0.3) is 0 Å². The molecule has 1 atom stereocenters. The Hall–Kier alpha value is -2.44. The molecule has 0 radical (unpaired) electrons. The molecule has 7 nitrogen and oxygen atoms in total. The van der Waals surface area contributed by atoms with Gasteiger partial charge < -0.3 is 14.8 Å². The maximum Gasteiger partial charge on any atom is 0.339 e. The average molecular weight is 320 g/mol. The van der Waals surface area contributed by atoms with Gasteiger partial charge in [0.15, 0.2) is 5.92 Å². The maximum absolute atomic E-state index is 12.3. The second-order valence-electron chi connectivity index (χ2n) is 6.17. The first-order chi connectivity index (χ1) is 10.7. The van der Waals surface area contributed by atoms with Crippen molar-refractivity contribution >= 4 is 17.8 Å². The molecular weight excluding hydrogens is 300 g/mol. The van der Waals surface area contributed by atoms with Crippen LogP contribution in [0.25, 0.3) is 0 Å². The Morgan fingerprint density at radius 2 is 2.09 bits per heavy atom. The van der Waals surface area contributed by atoms with E-state index in [2.05, 4.69) is 10.3 Å². The number of pyridine rings is 1.